The second kappa shape index (κ2) is 11.8. The maximum atomic E-state index is 12.8. The van der Waals surface area contributed by atoms with Gasteiger partial charge >= 0.3 is 17.9 Å². The van der Waals surface area contributed by atoms with Gasteiger partial charge in [-0.25, -0.2) is 4.79 Å². The Kier molecular flexibility index (Phi) is 10.5. The fourth-order valence-electron chi connectivity index (χ4n) is 3.42. The van der Waals surface area contributed by atoms with Gasteiger partial charge < -0.3 is 29.7 Å². The summed E-state index contributed by atoms with van der Waals surface area (Å²) in [5.74, 6) is -2.12. The van der Waals surface area contributed by atoms with E-state index in [-0.39, 0.29) is 19.5 Å². The molecular weight excluding hydrogens is 444 g/mol. The van der Waals surface area contributed by atoms with Crippen molar-refractivity contribution in [2.45, 2.75) is 116 Å². The summed E-state index contributed by atoms with van der Waals surface area (Å²) in [4.78, 5) is 38.4. The largest absolute Gasteiger partial charge is 0.480 e. The monoisotopic (exact) mass is 488 g/mol. The van der Waals surface area contributed by atoms with Crippen LogP contribution in [-0.4, -0.2) is 93.7 Å². The minimum absolute atomic E-state index is 0.00185. The maximum absolute atomic E-state index is 12.8. The molecule has 0 aromatic carbocycles. The van der Waals surface area contributed by atoms with Crippen molar-refractivity contribution in [3.63, 3.8) is 0 Å². The molecule has 1 heterocycles. The maximum Gasteiger partial charge on any atom is 0.335 e. The first-order valence-electron chi connectivity index (χ1n) is 11.8. The molecule has 198 valence electrons. The number of hydrogen-bond donors (Lipinski definition) is 3. The molecule has 0 aromatic rings. The summed E-state index contributed by atoms with van der Waals surface area (Å²) >= 11 is 0. The summed E-state index contributed by atoms with van der Waals surface area (Å²) in [6.45, 7) is 16.6. The summed E-state index contributed by atoms with van der Waals surface area (Å²) in [7, 11) is 0. The highest BCUT2D eigenvalue weighted by atomic mass is 16.6. The zero-order valence-electron chi connectivity index (χ0n) is 22.1. The van der Waals surface area contributed by atoms with Crippen LogP contribution in [0.15, 0.2) is 0 Å². The first kappa shape index (κ1) is 30.3. The van der Waals surface area contributed by atoms with E-state index in [1.807, 2.05) is 20.8 Å². The summed E-state index contributed by atoms with van der Waals surface area (Å²) in [6.07, 6.45) is -1.40. The van der Waals surface area contributed by atoms with Gasteiger partial charge in [0.05, 0.1) is 11.7 Å². The molecule has 0 aliphatic carbocycles. The minimum Gasteiger partial charge on any atom is -0.480 e. The predicted molar refractivity (Wildman–Crippen MR) is 126 cm³/mol. The van der Waals surface area contributed by atoms with Crippen LogP contribution in [0.25, 0.3) is 0 Å². The van der Waals surface area contributed by atoms with Crippen LogP contribution >= 0.6 is 0 Å². The number of carboxylic acids is 1. The van der Waals surface area contributed by atoms with Crippen LogP contribution in [0.3, 0.4) is 0 Å². The minimum atomic E-state index is -1.21. The van der Waals surface area contributed by atoms with Crippen molar-refractivity contribution < 1.29 is 38.8 Å². The van der Waals surface area contributed by atoms with E-state index in [2.05, 4.69) is 5.32 Å². The third-order valence-electron chi connectivity index (χ3n) is 4.82. The molecule has 0 saturated carbocycles. The first-order chi connectivity index (χ1) is 15.3. The van der Waals surface area contributed by atoms with E-state index in [0.717, 1.165) is 0 Å². The average Bonchev–Trinajstić information content (AvgIpc) is 2.56. The summed E-state index contributed by atoms with van der Waals surface area (Å²) < 4.78 is 16.8. The molecule has 1 rings (SSSR count). The molecule has 3 N–H and O–H groups in total. The smallest absolute Gasteiger partial charge is 0.335 e. The quantitative estimate of drug-likeness (QED) is 0.369. The fourth-order valence-corrected chi connectivity index (χ4v) is 3.42. The zero-order chi connectivity index (χ0) is 26.5. The van der Waals surface area contributed by atoms with Gasteiger partial charge in [0.25, 0.3) is 0 Å². The third-order valence-corrected chi connectivity index (χ3v) is 4.82. The van der Waals surface area contributed by atoms with Gasteiger partial charge in [-0.15, -0.1) is 0 Å². The van der Waals surface area contributed by atoms with Gasteiger partial charge in [0.2, 0.25) is 0 Å². The number of carboxylic acid groups (broad SMARTS) is 1. The van der Waals surface area contributed by atoms with Crippen LogP contribution in [0.5, 0.6) is 0 Å². The lowest BCUT2D eigenvalue weighted by Gasteiger charge is -2.40. The molecule has 10 nitrogen and oxygen atoms in total. The number of nitrogens with zero attached hydrogens (tertiary/aromatic N) is 1. The normalized spacial score (nSPS) is 20.1. The summed E-state index contributed by atoms with van der Waals surface area (Å²) in [5, 5.41) is 23.0. The number of rotatable bonds is 11. The molecule has 0 aromatic heterocycles. The SMILES string of the molecule is CC(C)(C)OC(=O)[C@H](CCN[C@H](C(=O)OC(C)(C)C)[C@H](O)CN1CC[C@H]1C(=O)O)OC(C)(C)C. The topological polar surface area (TPSA) is 135 Å². The zero-order valence-corrected chi connectivity index (χ0v) is 22.1. The van der Waals surface area contributed by atoms with E-state index in [4.69, 9.17) is 14.2 Å². The van der Waals surface area contributed by atoms with Gasteiger partial charge in [-0.05, 0) is 81.7 Å². The van der Waals surface area contributed by atoms with Crippen molar-refractivity contribution in [3.8, 4) is 0 Å². The second-order valence-corrected chi connectivity index (χ2v) is 11.7. The van der Waals surface area contributed by atoms with E-state index >= 15 is 0 Å². The van der Waals surface area contributed by atoms with E-state index in [1.165, 1.54) is 0 Å². The standard InChI is InChI=1S/C24H44N2O8/c1-22(2,3)32-17(20(30)33-23(4,5)6)10-12-25-18(21(31)34-24(7,8)9)16(27)14-26-13-11-15(26)19(28)29/h15-18,25,27H,10-14H2,1-9H3,(H,28,29)/t15-,16+,17-,18-/m0/s1. The molecule has 1 aliphatic rings. The van der Waals surface area contributed by atoms with Crippen molar-refractivity contribution >= 4 is 17.9 Å². The molecule has 1 saturated heterocycles. The summed E-state index contributed by atoms with van der Waals surface area (Å²) in [6, 6.07) is -1.78. The Labute approximate surface area is 203 Å². The van der Waals surface area contributed by atoms with Crippen LogP contribution in [0.2, 0.25) is 0 Å². The van der Waals surface area contributed by atoms with E-state index in [1.54, 1.807) is 46.4 Å². The number of aliphatic carboxylic acids is 1. The van der Waals surface area contributed by atoms with E-state index in [0.29, 0.717) is 13.0 Å². The summed E-state index contributed by atoms with van der Waals surface area (Å²) in [5.41, 5.74) is -2.06. The van der Waals surface area contributed by atoms with Crippen LogP contribution < -0.4 is 5.32 Å². The van der Waals surface area contributed by atoms with Crippen LogP contribution in [0.1, 0.15) is 75.2 Å². The lowest BCUT2D eigenvalue weighted by Crippen LogP contribution is -2.59. The Balaban J connectivity index is 2.90. The molecule has 0 spiro atoms. The molecule has 0 unspecified atom stereocenters. The second-order valence-electron chi connectivity index (χ2n) is 11.7. The Bertz CT molecular complexity index is 705. The number of hydrogen-bond acceptors (Lipinski definition) is 9. The van der Waals surface area contributed by atoms with E-state index in [9.17, 15) is 24.6 Å². The number of carbonyl (C=O) groups is 3. The lowest BCUT2D eigenvalue weighted by molar-refractivity contribution is -0.177. The fraction of sp³-hybridized carbons (Fsp3) is 0.875. The number of carbonyl (C=O) groups excluding carboxylic acids is 2. The lowest BCUT2D eigenvalue weighted by atomic mass is 10.0. The van der Waals surface area contributed by atoms with Crippen LogP contribution in [0.4, 0.5) is 0 Å². The Morgan fingerprint density at radius 3 is 1.88 bits per heavy atom. The molecule has 0 radical (unpaired) electrons. The van der Waals surface area contributed by atoms with E-state index < -0.39 is 59.0 Å². The van der Waals surface area contributed by atoms with Gasteiger partial charge in [0, 0.05) is 13.1 Å². The van der Waals surface area contributed by atoms with Crippen molar-refractivity contribution in [2.75, 3.05) is 19.6 Å². The Morgan fingerprint density at radius 1 is 0.941 bits per heavy atom. The molecule has 1 aliphatic heterocycles. The molecule has 0 bridgehead atoms. The van der Waals surface area contributed by atoms with Crippen molar-refractivity contribution in [3.05, 3.63) is 0 Å². The first-order valence-corrected chi connectivity index (χ1v) is 11.8. The van der Waals surface area contributed by atoms with Gasteiger partial charge in [-0.2, -0.15) is 0 Å². The molecule has 4 atom stereocenters. The molecule has 34 heavy (non-hydrogen) atoms. The number of aliphatic hydroxyl groups excluding tert-OH is 1. The molecular formula is C24H44N2O8. The van der Waals surface area contributed by atoms with Crippen molar-refractivity contribution in [2.24, 2.45) is 0 Å². The number of ether oxygens (including phenoxy) is 3. The molecule has 0 amide bonds. The van der Waals surface area contributed by atoms with Crippen LogP contribution in [0, 0.1) is 0 Å². The molecule has 10 heteroatoms. The van der Waals surface area contributed by atoms with Gasteiger partial charge in [-0.3, -0.25) is 14.5 Å². The highest BCUT2D eigenvalue weighted by Crippen LogP contribution is 2.20. The highest BCUT2D eigenvalue weighted by molar-refractivity contribution is 5.77. The average molecular weight is 489 g/mol. The highest BCUT2D eigenvalue weighted by Gasteiger charge is 2.39. The Morgan fingerprint density at radius 2 is 1.47 bits per heavy atom. The van der Waals surface area contributed by atoms with Gasteiger partial charge in [0.1, 0.15) is 23.3 Å². The van der Waals surface area contributed by atoms with Gasteiger partial charge in [-0.1, -0.05) is 0 Å². The number of likely N-dealkylation sites (tertiary alicyclic amines) is 1. The van der Waals surface area contributed by atoms with Crippen molar-refractivity contribution in [1.29, 1.82) is 0 Å². The number of β-amino-alcohol motifs (C(OH)–C–C–N with tert-alkyl or cyclic N) is 1. The molecule has 1 fully saturated rings. The number of aliphatic hydroxyl groups is 1. The third kappa shape index (κ3) is 11.1. The van der Waals surface area contributed by atoms with Gasteiger partial charge in [0.15, 0.2) is 6.10 Å². The van der Waals surface area contributed by atoms with Crippen molar-refractivity contribution in [1.82, 2.24) is 10.2 Å². The Hall–Kier alpha value is -1.75. The number of esters is 2. The number of nitrogens with one attached hydrogen (secondary N) is 1. The van der Waals surface area contributed by atoms with Crippen LogP contribution in [-0.2, 0) is 28.6 Å². The predicted octanol–water partition coefficient (Wildman–Crippen LogP) is 1.72.